The van der Waals surface area contributed by atoms with E-state index in [0.717, 1.165) is 0 Å². The van der Waals surface area contributed by atoms with Gasteiger partial charge in [-0.3, -0.25) is 0 Å². The largest absolute Gasteiger partial charge is 3.00 e. The molecule has 0 fully saturated rings. The third kappa shape index (κ3) is 339. The van der Waals surface area contributed by atoms with Crippen LogP contribution in [0.4, 0.5) is 0 Å². The van der Waals surface area contributed by atoms with Crippen LogP contribution in [0.2, 0.25) is 0 Å². The van der Waals surface area contributed by atoms with Gasteiger partial charge in [-0.1, -0.05) is 0 Å². The van der Waals surface area contributed by atoms with Crippen molar-refractivity contribution in [3.8, 4) is 0 Å². The van der Waals surface area contributed by atoms with Gasteiger partial charge in [0.1, 0.15) is 0 Å². The molecule has 19 heavy (non-hydrogen) atoms. The molecule has 0 atom stereocenters. The Morgan fingerprint density at radius 1 is 0.368 bits per heavy atom. The quantitative estimate of drug-likeness (QED) is 0.173. The molecule has 0 aromatic carbocycles. The predicted molar refractivity (Wildman–Crippen MR) is 39.4 cm³/mol. The molecule has 0 N–H and O–H groups in total. The molecule has 0 aromatic rings. The molecule has 0 aliphatic rings. The van der Waals surface area contributed by atoms with Crippen LogP contribution in [-0.4, -0.2) is 23.9 Å². The summed E-state index contributed by atoms with van der Waals surface area (Å²) in [7, 11) is -14.3. The fraction of sp³-hybridized carbons (Fsp3) is 0. The van der Waals surface area contributed by atoms with Gasteiger partial charge in [0.25, 0.3) is 0 Å². The molecule has 0 heterocycles. The molecule has 0 bridgehead atoms. The Labute approximate surface area is 229 Å². The molecule has 96 valence electrons. The van der Waals surface area contributed by atoms with Gasteiger partial charge in [-0.15, -0.1) is 0 Å². The monoisotopic (exact) mass is 679 g/mol. The van der Waals surface area contributed by atoms with Crippen LogP contribution in [0, 0.1) is 0 Å². The first kappa shape index (κ1) is 44.3. The van der Waals surface area contributed by atoms with Crippen molar-refractivity contribution in [2.75, 3.05) is 0 Å². The van der Waals surface area contributed by atoms with Gasteiger partial charge in [-0.2, -0.15) is 0 Å². The van der Waals surface area contributed by atoms with E-state index < -0.39 is 23.9 Å². The van der Waals surface area contributed by atoms with Crippen LogP contribution in [0.1, 0.15) is 0 Å². The van der Waals surface area contributed by atoms with E-state index in [1.165, 1.54) is 0 Å². The van der Waals surface area contributed by atoms with E-state index in [9.17, 15) is 0 Å². The average molecular weight is 680 g/mol. The second kappa shape index (κ2) is 21.8. The summed E-state index contributed by atoms with van der Waals surface area (Å²) in [6.45, 7) is 0. The molecule has 0 aromatic heterocycles. The minimum Gasteiger partial charge on any atom is -0.897 e. The van der Waals surface area contributed by atoms with Crippen LogP contribution in [-0.2, 0) is 167 Å². The zero-order chi connectivity index (χ0) is 13.5. The summed E-state index contributed by atoms with van der Waals surface area (Å²) < 4.78 is 0. The molecular weight excluding hydrogens is 680 g/mol. The fourth-order valence-corrected chi connectivity index (χ4v) is 0. The first-order valence-electron chi connectivity index (χ1n) is 2.45. The molecule has 0 radical (unpaired) electrons. The van der Waals surface area contributed by atoms with Crippen LogP contribution < -0.4 is 43.2 Å². The van der Waals surface area contributed by atoms with Crippen LogP contribution in [0.15, 0.2) is 0 Å². The summed E-state index contributed by atoms with van der Waals surface area (Å²) in [5, 5.41) is 0. The summed E-state index contributed by atoms with van der Waals surface area (Å²) in [5.74, 6) is 0. The van der Waals surface area contributed by atoms with Gasteiger partial charge in [0.05, 0.1) is 0 Å². The Morgan fingerprint density at radius 2 is 0.368 bits per heavy atom. The SMILES string of the molecule is [O-][Si]([O-])([O-])[S-].[O-][Si]([O-])([O-])[S-].[O-][Si]([O-])([O-])[S-].[Y+3].[Y+3].[Y+3].[Y+3]. The minimum atomic E-state index is -4.78. The summed E-state index contributed by atoms with van der Waals surface area (Å²) >= 11 is 9.90. The van der Waals surface area contributed by atoms with Crippen molar-refractivity contribution in [1.29, 1.82) is 0 Å². The maximum absolute atomic E-state index is 8.95. The Balaban J connectivity index is -0.0000000206. The normalized spacial score (nSPS) is 9.47. The van der Waals surface area contributed by atoms with E-state index in [2.05, 4.69) is 36.2 Å². The van der Waals surface area contributed by atoms with Crippen molar-refractivity contribution in [2.24, 2.45) is 0 Å². The van der Waals surface area contributed by atoms with Crippen LogP contribution in [0.3, 0.4) is 0 Å². The van der Waals surface area contributed by atoms with Gasteiger partial charge in [0.2, 0.25) is 0 Å². The van der Waals surface area contributed by atoms with Gasteiger partial charge in [0.15, 0.2) is 0 Å². The third-order valence-electron chi connectivity index (χ3n) is 0. The standard InChI is InChI=1S/3O3SSi.4Y/c3*1-5(2,3)4;;;;/q3*-4;4*+3. The first-order valence-corrected chi connectivity index (χ1v) is 11.0. The molecule has 0 aliphatic carbocycles. The van der Waals surface area contributed by atoms with Crippen molar-refractivity contribution in [3.05, 3.63) is 0 Å². The molecule has 0 aliphatic heterocycles. The van der Waals surface area contributed by atoms with Crippen molar-refractivity contribution in [2.45, 2.75) is 0 Å². The topological polar surface area (TPSA) is 208 Å². The zero-order valence-corrected chi connectivity index (χ0v) is 25.5. The van der Waals surface area contributed by atoms with E-state index in [4.69, 9.17) is 43.2 Å². The molecule has 0 saturated heterocycles. The molecule has 9 nitrogen and oxygen atoms in total. The number of hydrogen-bond acceptors (Lipinski definition) is 12. The number of rotatable bonds is 0. The van der Waals surface area contributed by atoms with E-state index in [0.29, 0.717) is 0 Å². The molecule has 0 amide bonds. The Bertz CT molecular complexity index is 110. The third-order valence-corrected chi connectivity index (χ3v) is 0. The van der Waals surface area contributed by atoms with E-state index >= 15 is 0 Å². The molecule has 0 unspecified atom stereocenters. The fourth-order valence-electron chi connectivity index (χ4n) is 0. The Kier molecular flexibility index (Phi) is 50.8. The first-order chi connectivity index (χ1) is 6.00. The zero-order valence-electron chi connectivity index (χ0n) is 8.71. The average Bonchev–Trinajstić information content (AvgIpc) is 1.41. The van der Waals surface area contributed by atoms with Gasteiger partial charge in [0, 0.05) is 0 Å². The minimum absolute atomic E-state index is 0. The molecule has 0 rings (SSSR count). The van der Waals surface area contributed by atoms with Crippen LogP contribution in [0.25, 0.3) is 0 Å². The van der Waals surface area contributed by atoms with Crippen LogP contribution in [0.5, 0.6) is 0 Å². The number of hydrogen-bond donors (Lipinski definition) is 0. The van der Waals surface area contributed by atoms with Crippen molar-refractivity contribution in [1.82, 2.24) is 0 Å². The van der Waals surface area contributed by atoms with Crippen molar-refractivity contribution < 1.29 is 174 Å². The second-order valence-electron chi connectivity index (χ2n) is 1.50. The summed E-state index contributed by atoms with van der Waals surface area (Å²) in [5.41, 5.74) is 0. The maximum atomic E-state index is 8.95. The molecular formula is O9S3Si3Y4. The van der Waals surface area contributed by atoms with Gasteiger partial charge in [-0.25, -0.2) is 0 Å². The van der Waals surface area contributed by atoms with Crippen molar-refractivity contribution in [3.63, 3.8) is 0 Å². The Morgan fingerprint density at radius 3 is 0.368 bits per heavy atom. The van der Waals surface area contributed by atoms with E-state index in [1.807, 2.05) is 0 Å². The van der Waals surface area contributed by atoms with Crippen molar-refractivity contribution >= 4 is 60.1 Å². The second-order valence-corrected chi connectivity index (χ2v) is 9.00. The van der Waals surface area contributed by atoms with Gasteiger partial charge in [-0.05, 0) is 0 Å². The van der Waals surface area contributed by atoms with E-state index in [1.54, 1.807) is 0 Å². The smallest absolute Gasteiger partial charge is 0.897 e. The van der Waals surface area contributed by atoms with Gasteiger partial charge >= 0.3 is 131 Å². The molecule has 19 heteroatoms. The predicted octanol–water partition coefficient (Wildman–Crippen LogP) is -11.9. The maximum Gasteiger partial charge on any atom is 3.00 e. The summed E-state index contributed by atoms with van der Waals surface area (Å²) in [6, 6.07) is 0. The van der Waals surface area contributed by atoms with E-state index in [-0.39, 0.29) is 131 Å². The summed E-state index contributed by atoms with van der Waals surface area (Å²) in [4.78, 5) is 80.5. The molecule has 0 spiro atoms. The van der Waals surface area contributed by atoms with Gasteiger partial charge < -0.3 is 103 Å². The molecule has 0 saturated carbocycles. The van der Waals surface area contributed by atoms with Crippen LogP contribution >= 0.6 is 0 Å². The Hall–Kier alpha value is 5.76. The summed E-state index contributed by atoms with van der Waals surface area (Å²) in [6.07, 6.45) is 0.